The van der Waals surface area contributed by atoms with Crippen LogP contribution in [0.2, 0.25) is 0 Å². The van der Waals surface area contributed by atoms with E-state index in [1.165, 1.54) is 32.2 Å². The zero-order valence-corrected chi connectivity index (χ0v) is 17.9. The van der Waals surface area contributed by atoms with Crippen LogP contribution < -0.4 is 14.9 Å². The summed E-state index contributed by atoms with van der Waals surface area (Å²) in [6, 6.07) is 5.08. The average Bonchev–Trinajstić information content (AvgIpc) is 2.81. The van der Waals surface area contributed by atoms with Crippen molar-refractivity contribution in [2.75, 3.05) is 7.11 Å². The van der Waals surface area contributed by atoms with Crippen molar-refractivity contribution in [1.29, 1.82) is 0 Å². The van der Waals surface area contributed by atoms with E-state index in [-0.39, 0.29) is 22.8 Å². The van der Waals surface area contributed by atoms with Crippen LogP contribution in [0.15, 0.2) is 33.5 Å². The lowest BCUT2D eigenvalue weighted by atomic mass is 10.00. The second-order valence-electron chi connectivity index (χ2n) is 7.74. The Balaban J connectivity index is 1.90. The first kappa shape index (κ1) is 23.4. The molecule has 12 nitrogen and oxygen atoms in total. The number of aromatic hydroxyl groups is 4. The van der Waals surface area contributed by atoms with Crippen LogP contribution in [-0.4, -0.2) is 73.6 Å². The molecule has 2 heterocycles. The van der Waals surface area contributed by atoms with Crippen molar-refractivity contribution < 1.29 is 54.4 Å². The minimum absolute atomic E-state index is 0.0772. The van der Waals surface area contributed by atoms with Gasteiger partial charge in [0.25, 0.3) is 0 Å². The zero-order chi connectivity index (χ0) is 24.9. The lowest BCUT2D eigenvalue weighted by Gasteiger charge is -2.38. The third-order valence-electron chi connectivity index (χ3n) is 5.56. The van der Waals surface area contributed by atoms with Crippen LogP contribution in [0.4, 0.5) is 0 Å². The molecule has 4 rings (SSSR count). The molecule has 3 aromatic rings. The molecule has 1 aliphatic rings. The summed E-state index contributed by atoms with van der Waals surface area (Å²) >= 11 is 0. The molecule has 0 aliphatic carbocycles. The second kappa shape index (κ2) is 8.57. The van der Waals surface area contributed by atoms with Gasteiger partial charge in [0.15, 0.2) is 28.3 Å². The molecule has 0 saturated carbocycles. The minimum atomic E-state index is -1.78. The molecule has 5 atom stereocenters. The first-order chi connectivity index (χ1) is 16.0. The van der Waals surface area contributed by atoms with Crippen molar-refractivity contribution in [3.8, 4) is 45.8 Å². The maximum atomic E-state index is 12.8. The summed E-state index contributed by atoms with van der Waals surface area (Å²) in [5.74, 6) is -3.94. The van der Waals surface area contributed by atoms with Gasteiger partial charge in [-0.15, -0.1) is 0 Å². The number of methoxy groups -OCH3 is 1. The molecule has 2 aromatic carbocycles. The van der Waals surface area contributed by atoms with Gasteiger partial charge in [0.05, 0.1) is 13.2 Å². The van der Waals surface area contributed by atoms with Crippen molar-refractivity contribution in [1.82, 2.24) is 0 Å². The molecular formula is C22H22O12. The second-order valence-corrected chi connectivity index (χ2v) is 7.74. The van der Waals surface area contributed by atoms with Gasteiger partial charge in [0.2, 0.25) is 23.5 Å². The number of hydrogen-bond acceptors (Lipinski definition) is 12. The lowest BCUT2D eigenvalue weighted by molar-refractivity contribution is -0.268. The van der Waals surface area contributed by atoms with Gasteiger partial charge < -0.3 is 54.4 Å². The maximum Gasteiger partial charge on any atom is 0.229 e. The molecule has 12 heteroatoms. The molecule has 0 unspecified atom stereocenters. The van der Waals surface area contributed by atoms with Crippen LogP contribution in [-0.2, 0) is 4.74 Å². The fraction of sp³-hybridized carbons (Fsp3) is 0.318. The van der Waals surface area contributed by atoms with Crippen molar-refractivity contribution >= 4 is 11.0 Å². The van der Waals surface area contributed by atoms with Gasteiger partial charge >= 0.3 is 0 Å². The highest BCUT2D eigenvalue weighted by Gasteiger charge is 2.44. The Morgan fingerprint density at radius 2 is 1.62 bits per heavy atom. The minimum Gasteiger partial charge on any atom is -0.504 e. The smallest absolute Gasteiger partial charge is 0.229 e. The number of phenolic OH excluding ortho intramolecular Hbond substituents is 4. The molecule has 34 heavy (non-hydrogen) atoms. The monoisotopic (exact) mass is 478 g/mol. The van der Waals surface area contributed by atoms with Crippen molar-refractivity contribution in [2.45, 2.75) is 37.6 Å². The van der Waals surface area contributed by atoms with Crippen LogP contribution in [0.3, 0.4) is 0 Å². The normalized spacial score (nSPS) is 24.8. The van der Waals surface area contributed by atoms with E-state index in [1.54, 1.807) is 0 Å². The van der Waals surface area contributed by atoms with Gasteiger partial charge in [0.1, 0.15) is 29.5 Å². The maximum absolute atomic E-state index is 12.8. The number of aliphatic hydroxyl groups excluding tert-OH is 3. The van der Waals surface area contributed by atoms with Gasteiger partial charge in [-0.1, -0.05) is 0 Å². The number of benzene rings is 2. The SMILES string of the molecule is COc1cc(-c2cc(=O)c3c(O)c(O)c(O)c(O[C@@H]4O[C@@H](C)[C@H](O)[C@@H](O)[C@H]4O)c3o2)ccc1O. The molecule has 1 saturated heterocycles. The quantitative estimate of drug-likeness (QED) is 0.257. The Kier molecular flexibility index (Phi) is 5.91. The van der Waals surface area contributed by atoms with Crippen LogP contribution in [0.5, 0.6) is 34.5 Å². The van der Waals surface area contributed by atoms with Crippen LogP contribution in [0.1, 0.15) is 6.92 Å². The topological polar surface area (TPSA) is 200 Å². The molecule has 182 valence electrons. The number of rotatable bonds is 4. The third-order valence-corrected chi connectivity index (χ3v) is 5.56. The van der Waals surface area contributed by atoms with E-state index in [2.05, 4.69) is 0 Å². The highest BCUT2D eigenvalue weighted by Crippen LogP contribution is 2.49. The van der Waals surface area contributed by atoms with Crippen LogP contribution >= 0.6 is 0 Å². The first-order valence-electron chi connectivity index (χ1n) is 10.0. The Labute approximate surface area is 191 Å². The van der Waals surface area contributed by atoms with Gasteiger partial charge in [-0.05, 0) is 25.1 Å². The first-order valence-corrected chi connectivity index (χ1v) is 10.0. The number of hydrogen-bond donors (Lipinski definition) is 7. The fourth-order valence-corrected chi connectivity index (χ4v) is 3.63. The highest BCUT2D eigenvalue weighted by atomic mass is 16.7. The standard InChI is InChI=1S/C22H22O12/c1-7-14(25)16(27)19(30)22(32-7)34-21-18(29)17(28)15(26)13-10(24)6-11(33-20(13)21)8-3-4-9(23)12(5-8)31-2/h3-7,14,16,19,22-23,25-30H,1-2H3/t7-,14-,16+,19+,22-/m0/s1. The van der Waals surface area contributed by atoms with Crippen molar-refractivity contribution in [2.24, 2.45) is 0 Å². The molecule has 1 aromatic heterocycles. The van der Waals surface area contributed by atoms with E-state index in [9.17, 15) is 40.5 Å². The number of ether oxygens (including phenoxy) is 3. The molecule has 0 radical (unpaired) electrons. The summed E-state index contributed by atoms with van der Waals surface area (Å²) < 4.78 is 21.6. The van der Waals surface area contributed by atoms with E-state index in [4.69, 9.17) is 18.6 Å². The predicted molar refractivity (Wildman–Crippen MR) is 114 cm³/mol. The Morgan fingerprint density at radius 1 is 0.912 bits per heavy atom. The molecule has 0 amide bonds. The Morgan fingerprint density at radius 3 is 2.29 bits per heavy atom. The summed E-state index contributed by atoms with van der Waals surface area (Å²) in [6.07, 6.45) is -7.53. The summed E-state index contributed by atoms with van der Waals surface area (Å²) in [5, 5.41) is 70.3. The van der Waals surface area contributed by atoms with E-state index in [0.29, 0.717) is 0 Å². The Hall–Kier alpha value is -3.71. The molecule has 0 bridgehead atoms. The predicted octanol–water partition coefficient (Wildman–Crippen LogP) is 0.497. The molecule has 1 fully saturated rings. The average molecular weight is 478 g/mol. The van der Waals surface area contributed by atoms with E-state index in [1.807, 2.05) is 0 Å². The zero-order valence-electron chi connectivity index (χ0n) is 17.9. The van der Waals surface area contributed by atoms with E-state index in [0.717, 1.165) is 6.07 Å². The number of phenols is 4. The molecule has 1 aliphatic heterocycles. The Bertz CT molecular complexity index is 1300. The van der Waals surface area contributed by atoms with Gasteiger partial charge in [0, 0.05) is 11.6 Å². The molecular weight excluding hydrogens is 456 g/mol. The largest absolute Gasteiger partial charge is 0.504 e. The summed E-state index contributed by atoms with van der Waals surface area (Å²) in [6.45, 7) is 1.40. The van der Waals surface area contributed by atoms with Crippen molar-refractivity contribution in [3.05, 3.63) is 34.5 Å². The van der Waals surface area contributed by atoms with E-state index >= 15 is 0 Å². The number of fused-ring (bicyclic) bond motifs is 1. The van der Waals surface area contributed by atoms with E-state index < -0.39 is 70.1 Å². The van der Waals surface area contributed by atoms with Gasteiger partial charge in [-0.2, -0.15) is 0 Å². The lowest BCUT2D eigenvalue weighted by Crippen LogP contribution is -2.58. The molecule has 7 N–H and O–H groups in total. The number of aliphatic hydroxyl groups is 3. The van der Waals surface area contributed by atoms with Crippen LogP contribution in [0, 0.1) is 0 Å². The summed E-state index contributed by atoms with van der Waals surface area (Å²) in [4.78, 5) is 12.8. The van der Waals surface area contributed by atoms with Crippen molar-refractivity contribution in [3.63, 3.8) is 0 Å². The van der Waals surface area contributed by atoms with Crippen LogP contribution in [0.25, 0.3) is 22.3 Å². The summed E-state index contributed by atoms with van der Waals surface area (Å²) in [5.41, 5.74) is -1.06. The molecule has 0 spiro atoms. The fourth-order valence-electron chi connectivity index (χ4n) is 3.63. The van der Waals surface area contributed by atoms with Gasteiger partial charge in [-0.3, -0.25) is 4.79 Å². The highest BCUT2D eigenvalue weighted by molar-refractivity contribution is 5.94. The third kappa shape index (κ3) is 3.72. The summed E-state index contributed by atoms with van der Waals surface area (Å²) in [7, 11) is 1.32. The van der Waals surface area contributed by atoms with Gasteiger partial charge in [-0.25, -0.2) is 0 Å².